The predicted octanol–water partition coefficient (Wildman–Crippen LogP) is 2.25. The summed E-state index contributed by atoms with van der Waals surface area (Å²) in [5.74, 6) is 0.604. The minimum atomic E-state index is -0.110. The summed E-state index contributed by atoms with van der Waals surface area (Å²) >= 11 is 0. The number of hydrogen-bond acceptors (Lipinski definition) is 3. The Labute approximate surface area is 126 Å². The zero-order valence-electron chi connectivity index (χ0n) is 12.9. The number of likely N-dealkylation sites (tertiary alicyclic amines) is 1. The molecule has 116 valence electrons. The van der Waals surface area contributed by atoms with Crippen LogP contribution in [0.3, 0.4) is 0 Å². The minimum absolute atomic E-state index is 0.110. The van der Waals surface area contributed by atoms with Gasteiger partial charge in [-0.05, 0) is 63.9 Å². The summed E-state index contributed by atoms with van der Waals surface area (Å²) in [6.45, 7) is 3.79. The standard InChI is InChI=1S/C17H26FN3/c1-20-10-3-4-13-12-21(11-8-16(13)20)17-6-2-5-15(18)14(17)7-9-19/h2,5-6,13,16H,3-4,7-12,19H2,1H3. The molecule has 3 rings (SSSR count). The van der Waals surface area contributed by atoms with Gasteiger partial charge in [0.05, 0.1) is 0 Å². The monoisotopic (exact) mass is 291 g/mol. The Kier molecular flexibility index (Phi) is 4.45. The molecule has 2 saturated heterocycles. The Morgan fingerprint density at radius 3 is 2.95 bits per heavy atom. The Hall–Kier alpha value is -1.13. The number of piperidine rings is 2. The molecule has 1 aromatic carbocycles. The SMILES string of the molecule is CN1CCCC2CN(c3cccc(F)c3CCN)CCC21. The molecule has 0 amide bonds. The number of anilines is 1. The van der Waals surface area contributed by atoms with E-state index >= 15 is 0 Å². The van der Waals surface area contributed by atoms with Crippen molar-refractivity contribution in [1.82, 2.24) is 4.90 Å². The van der Waals surface area contributed by atoms with Crippen LogP contribution in [0.15, 0.2) is 18.2 Å². The van der Waals surface area contributed by atoms with Crippen molar-refractivity contribution in [1.29, 1.82) is 0 Å². The van der Waals surface area contributed by atoms with Gasteiger partial charge in [-0.1, -0.05) is 6.07 Å². The van der Waals surface area contributed by atoms with Gasteiger partial charge in [-0.3, -0.25) is 0 Å². The van der Waals surface area contributed by atoms with E-state index in [9.17, 15) is 4.39 Å². The number of nitrogens with two attached hydrogens (primary N) is 1. The van der Waals surface area contributed by atoms with Crippen molar-refractivity contribution in [3.8, 4) is 0 Å². The van der Waals surface area contributed by atoms with E-state index in [4.69, 9.17) is 5.73 Å². The number of hydrogen-bond donors (Lipinski definition) is 1. The largest absolute Gasteiger partial charge is 0.371 e. The molecule has 0 spiro atoms. The van der Waals surface area contributed by atoms with Crippen molar-refractivity contribution in [2.45, 2.75) is 31.7 Å². The third-order valence-electron chi connectivity index (χ3n) is 5.17. The molecule has 1 aromatic rings. The van der Waals surface area contributed by atoms with Crippen molar-refractivity contribution in [2.75, 3.05) is 38.1 Å². The predicted molar refractivity (Wildman–Crippen MR) is 85.1 cm³/mol. The van der Waals surface area contributed by atoms with E-state index in [1.165, 1.54) is 25.8 Å². The normalized spacial score (nSPS) is 26.7. The zero-order valence-corrected chi connectivity index (χ0v) is 12.9. The van der Waals surface area contributed by atoms with Crippen molar-refractivity contribution in [3.05, 3.63) is 29.6 Å². The fourth-order valence-corrected chi connectivity index (χ4v) is 4.11. The van der Waals surface area contributed by atoms with E-state index in [0.29, 0.717) is 24.9 Å². The molecule has 2 fully saturated rings. The lowest BCUT2D eigenvalue weighted by atomic mass is 9.84. The smallest absolute Gasteiger partial charge is 0.128 e. The van der Waals surface area contributed by atoms with E-state index in [0.717, 1.165) is 24.3 Å². The van der Waals surface area contributed by atoms with Gasteiger partial charge in [-0.15, -0.1) is 0 Å². The van der Waals surface area contributed by atoms with E-state index in [2.05, 4.69) is 22.9 Å². The first-order valence-corrected chi connectivity index (χ1v) is 8.13. The van der Waals surface area contributed by atoms with Gasteiger partial charge in [-0.2, -0.15) is 0 Å². The van der Waals surface area contributed by atoms with Crippen molar-refractivity contribution in [2.24, 2.45) is 11.7 Å². The molecule has 0 radical (unpaired) electrons. The third kappa shape index (κ3) is 2.92. The molecule has 2 aliphatic rings. The summed E-state index contributed by atoms with van der Waals surface area (Å²) in [6.07, 6.45) is 4.38. The summed E-state index contributed by atoms with van der Waals surface area (Å²) in [5.41, 5.74) is 7.52. The number of nitrogens with zero attached hydrogens (tertiary/aromatic N) is 2. The van der Waals surface area contributed by atoms with Crippen molar-refractivity contribution in [3.63, 3.8) is 0 Å². The van der Waals surface area contributed by atoms with Crippen LogP contribution in [0.4, 0.5) is 10.1 Å². The van der Waals surface area contributed by atoms with Crippen LogP contribution in [0.2, 0.25) is 0 Å². The van der Waals surface area contributed by atoms with Crippen LogP contribution in [-0.4, -0.2) is 44.2 Å². The lowest BCUT2D eigenvalue weighted by molar-refractivity contribution is 0.102. The highest BCUT2D eigenvalue weighted by atomic mass is 19.1. The van der Waals surface area contributed by atoms with Gasteiger partial charge >= 0.3 is 0 Å². The van der Waals surface area contributed by atoms with Gasteiger partial charge in [0.1, 0.15) is 5.82 Å². The molecule has 3 nitrogen and oxygen atoms in total. The van der Waals surface area contributed by atoms with Crippen LogP contribution < -0.4 is 10.6 Å². The van der Waals surface area contributed by atoms with Gasteiger partial charge in [0.25, 0.3) is 0 Å². The molecule has 4 heteroatoms. The quantitative estimate of drug-likeness (QED) is 0.927. The fraction of sp³-hybridized carbons (Fsp3) is 0.647. The maximum absolute atomic E-state index is 14.1. The van der Waals surface area contributed by atoms with Gasteiger partial charge < -0.3 is 15.5 Å². The second kappa shape index (κ2) is 6.32. The Balaban J connectivity index is 1.81. The molecule has 0 aromatic heterocycles. The minimum Gasteiger partial charge on any atom is -0.371 e. The Morgan fingerprint density at radius 1 is 1.29 bits per heavy atom. The van der Waals surface area contributed by atoms with E-state index in [1.54, 1.807) is 6.07 Å². The summed E-state index contributed by atoms with van der Waals surface area (Å²) < 4.78 is 14.1. The molecule has 2 aliphatic heterocycles. The summed E-state index contributed by atoms with van der Waals surface area (Å²) in [7, 11) is 2.24. The van der Waals surface area contributed by atoms with E-state index in [-0.39, 0.29) is 5.82 Å². The van der Waals surface area contributed by atoms with Crippen LogP contribution in [-0.2, 0) is 6.42 Å². The van der Waals surface area contributed by atoms with Gasteiger partial charge in [0.2, 0.25) is 0 Å². The molecule has 0 aliphatic carbocycles. The molecular formula is C17H26FN3. The number of fused-ring (bicyclic) bond motifs is 1. The van der Waals surface area contributed by atoms with Gasteiger partial charge in [0, 0.05) is 30.4 Å². The number of benzene rings is 1. The lowest BCUT2D eigenvalue weighted by Gasteiger charge is -2.47. The topological polar surface area (TPSA) is 32.5 Å². The van der Waals surface area contributed by atoms with Crippen LogP contribution in [0.5, 0.6) is 0 Å². The fourth-order valence-electron chi connectivity index (χ4n) is 4.11. The second-order valence-electron chi connectivity index (χ2n) is 6.46. The van der Waals surface area contributed by atoms with Crippen molar-refractivity contribution >= 4 is 5.69 Å². The van der Waals surface area contributed by atoms with Crippen LogP contribution in [0, 0.1) is 11.7 Å². The van der Waals surface area contributed by atoms with E-state index < -0.39 is 0 Å². The first-order valence-electron chi connectivity index (χ1n) is 8.13. The third-order valence-corrected chi connectivity index (χ3v) is 5.17. The molecule has 2 unspecified atom stereocenters. The molecule has 0 saturated carbocycles. The molecule has 2 heterocycles. The first-order chi connectivity index (χ1) is 10.2. The second-order valence-corrected chi connectivity index (χ2v) is 6.46. The summed E-state index contributed by atoms with van der Waals surface area (Å²) in [5, 5.41) is 0. The van der Waals surface area contributed by atoms with Crippen molar-refractivity contribution < 1.29 is 4.39 Å². The highest BCUT2D eigenvalue weighted by Crippen LogP contribution is 2.33. The molecule has 2 atom stereocenters. The maximum atomic E-state index is 14.1. The van der Waals surface area contributed by atoms with E-state index in [1.807, 2.05) is 6.07 Å². The molecular weight excluding hydrogens is 265 g/mol. The highest BCUT2D eigenvalue weighted by molar-refractivity contribution is 5.55. The lowest BCUT2D eigenvalue weighted by Crippen LogP contribution is -2.53. The Bertz CT molecular complexity index is 491. The molecule has 0 bridgehead atoms. The Morgan fingerprint density at radius 2 is 2.14 bits per heavy atom. The highest BCUT2D eigenvalue weighted by Gasteiger charge is 2.34. The maximum Gasteiger partial charge on any atom is 0.128 e. The van der Waals surface area contributed by atoms with Gasteiger partial charge in [-0.25, -0.2) is 4.39 Å². The average molecular weight is 291 g/mol. The number of halogens is 1. The number of rotatable bonds is 3. The average Bonchev–Trinajstić information content (AvgIpc) is 2.49. The van der Waals surface area contributed by atoms with Crippen LogP contribution in [0.1, 0.15) is 24.8 Å². The summed E-state index contributed by atoms with van der Waals surface area (Å²) in [4.78, 5) is 4.90. The molecule has 21 heavy (non-hydrogen) atoms. The summed E-state index contributed by atoms with van der Waals surface area (Å²) in [6, 6.07) is 6.14. The molecule has 2 N–H and O–H groups in total. The zero-order chi connectivity index (χ0) is 14.8. The van der Waals surface area contributed by atoms with Crippen LogP contribution >= 0.6 is 0 Å². The first kappa shape index (κ1) is 14.8. The van der Waals surface area contributed by atoms with Gasteiger partial charge in [0.15, 0.2) is 0 Å². The van der Waals surface area contributed by atoms with Crippen LogP contribution in [0.25, 0.3) is 0 Å².